The molecule has 0 aliphatic heterocycles. The second-order valence-electron chi connectivity index (χ2n) is 5.81. The highest BCUT2D eigenvalue weighted by Gasteiger charge is 2.15. The van der Waals surface area contributed by atoms with E-state index in [9.17, 15) is 9.59 Å². The van der Waals surface area contributed by atoms with Gasteiger partial charge in [-0.2, -0.15) is 0 Å². The van der Waals surface area contributed by atoms with E-state index in [0.29, 0.717) is 11.4 Å². The number of anilines is 2. The summed E-state index contributed by atoms with van der Waals surface area (Å²) < 4.78 is 0. The fourth-order valence-electron chi connectivity index (χ4n) is 2.22. The van der Waals surface area contributed by atoms with Gasteiger partial charge in [0.15, 0.2) is 0 Å². The molecule has 0 saturated carbocycles. The summed E-state index contributed by atoms with van der Waals surface area (Å²) in [7, 11) is 0. The summed E-state index contributed by atoms with van der Waals surface area (Å²) in [6.07, 6.45) is 1.05. The molecule has 0 aliphatic carbocycles. The van der Waals surface area contributed by atoms with Crippen molar-refractivity contribution in [3.05, 3.63) is 39.8 Å². The predicted molar refractivity (Wildman–Crippen MR) is 98.4 cm³/mol. The lowest BCUT2D eigenvalue weighted by atomic mass is 10.1. The Morgan fingerprint density at radius 3 is 2.33 bits per heavy atom. The molecule has 1 aromatic heterocycles. The average molecular weight is 345 g/mol. The van der Waals surface area contributed by atoms with Crippen LogP contribution < -0.4 is 10.6 Å². The van der Waals surface area contributed by atoms with Crippen LogP contribution in [0.1, 0.15) is 35.8 Å². The number of aryl methyl sites for hydroxylation is 2. The third kappa shape index (κ3) is 4.64. The fraction of sp³-hybridized carbons (Fsp3) is 0.389. The molecule has 0 bridgehead atoms. The van der Waals surface area contributed by atoms with Crippen LogP contribution in [0.5, 0.6) is 0 Å². The first-order chi connectivity index (χ1) is 11.4. The first-order valence-corrected chi connectivity index (χ1v) is 8.85. The molecule has 128 valence electrons. The van der Waals surface area contributed by atoms with Gasteiger partial charge in [-0.1, -0.05) is 26.0 Å². The predicted octanol–water partition coefficient (Wildman–Crippen LogP) is 3.93. The van der Waals surface area contributed by atoms with Gasteiger partial charge in [0.25, 0.3) is 0 Å². The zero-order valence-corrected chi connectivity index (χ0v) is 15.3. The smallest absolute Gasteiger partial charge is 0.229 e. The lowest BCUT2D eigenvalue weighted by Gasteiger charge is -2.14. The molecule has 2 aromatic rings. The number of carbonyl (C=O) groups excluding carboxylic acids is 2. The summed E-state index contributed by atoms with van der Waals surface area (Å²) >= 11 is 1.53. The highest BCUT2D eigenvalue weighted by Crippen LogP contribution is 2.23. The van der Waals surface area contributed by atoms with Crippen molar-refractivity contribution < 1.29 is 9.59 Å². The molecular weight excluding hydrogens is 322 g/mol. The number of para-hydroxylation sites is 2. The number of amides is 2. The van der Waals surface area contributed by atoms with Gasteiger partial charge >= 0.3 is 0 Å². The average Bonchev–Trinajstić information content (AvgIpc) is 2.85. The van der Waals surface area contributed by atoms with Crippen molar-refractivity contribution in [1.29, 1.82) is 0 Å². The van der Waals surface area contributed by atoms with E-state index in [0.717, 1.165) is 22.0 Å². The fourth-order valence-corrected chi connectivity index (χ4v) is 3.16. The van der Waals surface area contributed by atoms with Gasteiger partial charge in [-0.05, 0) is 32.4 Å². The van der Waals surface area contributed by atoms with E-state index in [-0.39, 0.29) is 24.2 Å². The molecule has 0 saturated heterocycles. The van der Waals surface area contributed by atoms with Gasteiger partial charge in [-0.15, -0.1) is 11.3 Å². The number of carbonyl (C=O) groups is 2. The minimum absolute atomic E-state index is 0.0480. The van der Waals surface area contributed by atoms with Crippen LogP contribution in [0.2, 0.25) is 0 Å². The molecule has 6 heteroatoms. The Morgan fingerprint density at radius 2 is 1.79 bits per heavy atom. The van der Waals surface area contributed by atoms with E-state index in [1.54, 1.807) is 12.1 Å². The molecule has 1 unspecified atom stereocenters. The van der Waals surface area contributed by atoms with E-state index < -0.39 is 0 Å². The molecule has 0 aliphatic rings. The molecule has 5 nitrogen and oxygen atoms in total. The Hall–Kier alpha value is -2.21. The topological polar surface area (TPSA) is 71.1 Å². The van der Waals surface area contributed by atoms with Crippen molar-refractivity contribution >= 4 is 34.5 Å². The van der Waals surface area contributed by atoms with E-state index in [1.807, 2.05) is 39.8 Å². The summed E-state index contributed by atoms with van der Waals surface area (Å²) in [5, 5.41) is 6.72. The normalized spacial score (nSPS) is 11.8. The van der Waals surface area contributed by atoms with Crippen molar-refractivity contribution in [3.63, 3.8) is 0 Å². The van der Waals surface area contributed by atoms with Gasteiger partial charge in [0.1, 0.15) is 0 Å². The standard InChI is InChI=1S/C18H23N3O2S/c1-5-11(2)18(23)21-15-9-7-6-8-14(15)20-17(22)10-16-12(3)19-13(4)24-16/h6-9,11H,5,10H2,1-4H3,(H,20,22)(H,21,23). The minimum Gasteiger partial charge on any atom is -0.324 e. The van der Waals surface area contributed by atoms with E-state index >= 15 is 0 Å². The molecule has 2 rings (SSSR count). The van der Waals surface area contributed by atoms with E-state index in [4.69, 9.17) is 0 Å². The summed E-state index contributed by atoms with van der Waals surface area (Å²) in [5.41, 5.74) is 2.12. The van der Waals surface area contributed by atoms with Crippen LogP contribution in [0.25, 0.3) is 0 Å². The zero-order chi connectivity index (χ0) is 17.7. The van der Waals surface area contributed by atoms with E-state index in [2.05, 4.69) is 15.6 Å². The van der Waals surface area contributed by atoms with Crippen molar-refractivity contribution in [2.75, 3.05) is 10.6 Å². The molecule has 2 amide bonds. The Balaban J connectivity index is 2.08. The van der Waals surface area contributed by atoms with Crippen LogP contribution in [-0.2, 0) is 16.0 Å². The lowest BCUT2D eigenvalue weighted by molar-refractivity contribution is -0.119. The Kier molecular flexibility index (Phi) is 6.09. The summed E-state index contributed by atoms with van der Waals surface area (Å²) in [6, 6.07) is 7.24. The van der Waals surface area contributed by atoms with Gasteiger partial charge in [-0.25, -0.2) is 4.98 Å². The number of aromatic nitrogens is 1. The molecule has 0 radical (unpaired) electrons. The quantitative estimate of drug-likeness (QED) is 0.833. The number of benzene rings is 1. The summed E-state index contributed by atoms with van der Waals surface area (Å²) in [6.45, 7) is 7.69. The molecular formula is C18H23N3O2S. The highest BCUT2D eigenvalue weighted by atomic mass is 32.1. The first kappa shape index (κ1) is 18.1. The monoisotopic (exact) mass is 345 g/mol. The number of hydrogen-bond donors (Lipinski definition) is 2. The van der Waals surface area contributed by atoms with Crippen molar-refractivity contribution in [2.45, 2.75) is 40.5 Å². The van der Waals surface area contributed by atoms with Crippen LogP contribution >= 0.6 is 11.3 Å². The number of rotatable bonds is 6. The Morgan fingerprint density at radius 1 is 1.17 bits per heavy atom. The Labute approximate surface area is 146 Å². The number of hydrogen-bond acceptors (Lipinski definition) is 4. The minimum atomic E-state index is -0.119. The van der Waals surface area contributed by atoms with Gasteiger partial charge in [-0.3, -0.25) is 9.59 Å². The van der Waals surface area contributed by atoms with Crippen LogP contribution in [0.4, 0.5) is 11.4 Å². The van der Waals surface area contributed by atoms with Crippen molar-refractivity contribution in [2.24, 2.45) is 5.92 Å². The maximum absolute atomic E-state index is 12.3. The highest BCUT2D eigenvalue weighted by molar-refractivity contribution is 7.11. The summed E-state index contributed by atoms with van der Waals surface area (Å²) in [5.74, 6) is -0.239. The maximum Gasteiger partial charge on any atom is 0.229 e. The lowest BCUT2D eigenvalue weighted by Crippen LogP contribution is -2.21. The van der Waals surface area contributed by atoms with Crippen LogP contribution in [0, 0.1) is 19.8 Å². The van der Waals surface area contributed by atoms with Crippen LogP contribution in [-0.4, -0.2) is 16.8 Å². The van der Waals surface area contributed by atoms with Crippen molar-refractivity contribution in [3.8, 4) is 0 Å². The number of nitrogens with zero attached hydrogens (tertiary/aromatic N) is 1. The molecule has 1 aromatic carbocycles. The zero-order valence-electron chi connectivity index (χ0n) is 14.5. The third-order valence-electron chi connectivity index (χ3n) is 3.84. The SMILES string of the molecule is CCC(C)C(=O)Nc1ccccc1NC(=O)Cc1sc(C)nc1C. The summed E-state index contributed by atoms with van der Waals surface area (Å²) in [4.78, 5) is 29.7. The van der Waals surface area contributed by atoms with E-state index in [1.165, 1.54) is 11.3 Å². The number of thiazole rings is 1. The third-order valence-corrected chi connectivity index (χ3v) is 4.91. The van der Waals surface area contributed by atoms with Crippen LogP contribution in [0.15, 0.2) is 24.3 Å². The molecule has 0 fully saturated rings. The first-order valence-electron chi connectivity index (χ1n) is 8.03. The van der Waals surface area contributed by atoms with Crippen molar-refractivity contribution in [1.82, 2.24) is 4.98 Å². The molecule has 1 atom stereocenters. The van der Waals surface area contributed by atoms with Gasteiger partial charge in [0.2, 0.25) is 11.8 Å². The molecule has 0 spiro atoms. The number of nitrogens with one attached hydrogen (secondary N) is 2. The van der Waals surface area contributed by atoms with Gasteiger partial charge < -0.3 is 10.6 Å². The maximum atomic E-state index is 12.3. The van der Waals surface area contributed by atoms with Gasteiger partial charge in [0, 0.05) is 10.8 Å². The molecule has 1 heterocycles. The Bertz CT molecular complexity index is 740. The molecule has 2 N–H and O–H groups in total. The van der Waals surface area contributed by atoms with Gasteiger partial charge in [0.05, 0.1) is 28.5 Å². The second-order valence-corrected chi connectivity index (χ2v) is 7.10. The largest absolute Gasteiger partial charge is 0.324 e. The second kappa shape index (κ2) is 8.06. The molecule has 24 heavy (non-hydrogen) atoms. The van der Waals surface area contributed by atoms with Crippen LogP contribution in [0.3, 0.4) is 0 Å².